The number of aryl methyl sites for hydroxylation is 1. The van der Waals surface area contributed by atoms with Gasteiger partial charge in [0.2, 0.25) is 0 Å². The summed E-state index contributed by atoms with van der Waals surface area (Å²) in [5.74, 6) is -2.61. The minimum absolute atomic E-state index is 0.0552. The van der Waals surface area contributed by atoms with Crippen LogP contribution < -0.4 is 0 Å². The van der Waals surface area contributed by atoms with Gasteiger partial charge in [0, 0.05) is 5.39 Å². The van der Waals surface area contributed by atoms with Gasteiger partial charge in [-0.1, -0.05) is 17.7 Å². The van der Waals surface area contributed by atoms with Gasteiger partial charge in [-0.2, -0.15) is 0 Å². The second kappa shape index (κ2) is 5.75. The number of hydrogen-bond acceptors (Lipinski definition) is 4. The van der Waals surface area contributed by atoms with E-state index in [9.17, 15) is 23.1 Å². The first-order chi connectivity index (χ1) is 11.7. The smallest absolute Gasteiger partial charge is 0.353 e. The van der Waals surface area contributed by atoms with Crippen LogP contribution in [0.4, 0.5) is 0 Å². The van der Waals surface area contributed by atoms with Gasteiger partial charge in [-0.15, -0.1) is 0 Å². The Morgan fingerprint density at radius 3 is 2.12 bits per heavy atom. The molecule has 3 aromatic rings. The quantitative estimate of drug-likeness (QED) is 0.740. The third-order valence-corrected chi connectivity index (χ3v) is 5.52. The molecule has 0 aliphatic heterocycles. The van der Waals surface area contributed by atoms with E-state index < -0.39 is 27.7 Å². The second-order valence-corrected chi connectivity index (χ2v) is 7.28. The summed E-state index contributed by atoms with van der Waals surface area (Å²) in [6, 6.07) is 10.9. The molecule has 8 heteroatoms. The second-order valence-electron chi connectivity index (χ2n) is 5.50. The number of benzene rings is 2. The van der Waals surface area contributed by atoms with Crippen LogP contribution in [-0.4, -0.2) is 34.5 Å². The number of nitrogens with zero attached hydrogens (tertiary/aromatic N) is 1. The van der Waals surface area contributed by atoms with Crippen LogP contribution in [0.2, 0.25) is 0 Å². The SMILES string of the molecule is Cc1ccc(S(=O)(=O)n2c(C(=O)O)cc3cc(C(=O)O)ccc32)cc1. The van der Waals surface area contributed by atoms with Gasteiger partial charge in [0.25, 0.3) is 10.0 Å². The van der Waals surface area contributed by atoms with Crippen molar-refractivity contribution in [2.45, 2.75) is 11.8 Å². The zero-order valence-corrected chi connectivity index (χ0v) is 13.8. The molecular weight excluding hydrogens is 346 g/mol. The highest BCUT2D eigenvalue weighted by molar-refractivity contribution is 7.90. The van der Waals surface area contributed by atoms with Crippen LogP contribution in [-0.2, 0) is 10.0 Å². The maximum Gasteiger partial charge on any atom is 0.353 e. The monoisotopic (exact) mass is 359 g/mol. The van der Waals surface area contributed by atoms with Crippen LogP contribution in [0.1, 0.15) is 26.4 Å². The molecule has 0 aliphatic rings. The lowest BCUT2D eigenvalue weighted by Gasteiger charge is -2.10. The molecule has 0 bridgehead atoms. The summed E-state index contributed by atoms with van der Waals surface area (Å²) >= 11 is 0. The summed E-state index contributed by atoms with van der Waals surface area (Å²) in [4.78, 5) is 22.6. The van der Waals surface area contributed by atoms with Crippen LogP contribution in [0.15, 0.2) is 53.4 Å². The maximum absolute atomic E-state index is 12.9. The zero-order valence-electron chi connectivity index (χ0n) is 13.0. The molecule has 128 valence electrons. The number of carboxylic acid groups (broad SMARTS) is 2. The van der Waals surface area contributed by atoms with E-state index in [-0.39, 0.29) is 21.4 Å². The molecule has 0 aliphatic carbocycles. The van der Waals surface area contributed by atoms with Crippen molar-refractivity contribution in [2.24, 2.45) is 0 Å². The van der Waals surface area contributed by atoms with E-state index in [0.717, 1.165) is 15.6 Å². The first-order valence-corrected chi connectivity index (χ1v) is 8.60. The topological polar surface area (TPSA) is 114 Å². The van der Waals surface area contributed by atoms with E-state index in [2.05, 4.69) is 0 Å². The fraction of sp³-hybridized carbons (Fsp3) is 0.0588. The lowest BCUT2D eigenvalue weighted by atomic mass is 10.1. The third kappa shape index (κ3) is 2.76. The van der Waals surface area contributed by atoms with Crippen molar-refractivity contribution in [3.63, 3.8) is 0 Å². The van der Waals surface area contributed by atoms with Crippen molar-refractivity contribution in [1.82, 2.24) is 3.97 Å². The van der Waals surface area contributed by atoms with E-state index in [1.54, 1.807) is 19.1 Å². The molecule has 0 atom stereocenters. The van der Waals surface area contributed by atoms with Crippen LogP contribution in [0, 0.1) is 6.92 Å². The summed E-state index contributed by atoms with van der Waals surface area (Å²) in [6.45, 7) is 1.80. The van der Waals surface area contributed by atoms with Crippen molar-refractivity contribution in [3.8, 4) is 0 Å². The van der Waals surface area contributed by atoms with Crippen molar-refractivity contribution in [3.05, 3.63) is 65.4 Å². The maximum atomic E-state index is 12.9. The number of carboxylic acids is 2. The van der Waals surface area contributed by atoms with Gasteiger partial charge in [-0.25, -0.2) is 22.0 Å². The van der Waals surface area contributed by atoms with Gasteiger partial charge in [0.1, 0.15) is 5.69 Å². The van der Waals surface area contributed by atoms with Gasteiger partial charge in [-0.3, -0.25) is 0 Å². The Balaban J connectivity index is 2.33. The molecule has 2 aromatic carbocycles. The highest BCUT2D eigenvalue weighted by Gasteiger charge is 2.26. The predicted molar refractivity (Wildman–Crippen MR) is 89.6 cm³/mol. The molecule has 0 unspecified atom stereocenters. The van der Waals surface area contributed by atoms with E-state index >= 15 is 0 Å². The molecule has 1 heterocycles. The van der Waals surface area contributed by atoms with E-state index in [4.69, 9.17) is 5.11 Å². The predicted octanol–water partition coefficient (Wildman–Crippen LogP) is 2.58. The molecule has 0 fully saturated rings. The highest BCUT2D eigenvalue weighted by atomic mass is 32.2. The average molecular weight is 359 g/mol. The van der Waals surface area contributed by atoms with E-state index in [1.165, 1.54) is 30.3 Å². The van der Waals surface area contributed by atoms with Gasteiger partial charge in [-0.05, 0) is 43.3 Å². The standard InChI is InChI=1S/C17H13NO6S/c1-10-2-5-13(6-3-10)25(23,24)18-14-7-4-11(16(19)20)8-12(14)9-15(18)17(21)22/h2-9H,1H3,(H,19,20)(H,21,22). The summed E-state index contributed by atoms with van der Waals surface area (Å²) < 4.78 is 26.6. The average Bonchev–Trinajstić information content (AvgIpc) is 2.94. The molecule has 0 amide bonds. The molecule has 0 saturated heterocycles. The molecular formula is C17H13NO6S. The normalized spacial score (nSPS) is 11.6. The molecule has 3 rings (SSSR count). The molecule has 2 N–H and O–H groups in total. The molecule has 0 saturated carbocycles. The molecule has 0 radical (unpaired) electrons. The summed E-state index contributed by atoms with van der Waals surface area (Å²) in [7, 11) is -4.16. The van der Waals surface area contributed by atoms with Crippen LogP contribution in [0.3, 0.4) is 0 Å². The number of carbonyl (C=O) groups is 2. The number of aromatic carboxylic acids is 2. The Hall–Kier alpha value is -3.13. The zero-order chi connectivity index (χ0) is 18.4. The fourth-order valence-electron chi connectivity index (χ4n) is 2.55. The van der Waals surface area contributed by atoms with Gasteiger partial charge < -0.3 is 10.2 Å². The lowest BCUT2D eigenvalue weighted by Crippen LogP contribution is -2.18. The minimum Gasteiger partial charge on any atom is -0.478 e. The minimum atomic E-state index is -4.16. The highest BCUT2D eigenvalue weighted by Crippen LogP contribution is 2.27. The molecule has 1 aromatic heterocycles. The first-order valence-electron chi connectivity index (χ1n) is 7.16. The van der Waals surface area contributed by atoms with E-state index in [1.807, 2.05) is 0 Å². The molecule has 7 nitrogen and oxygen atoms in total. The molecule has 0 spiro atoms. The number of aromatic nitrogens is 1. The number of hydrogen-bond donors (Lipinski definition) is 2. The van der Waals surface area contributed by atoms with Crippen molar-refractivity contribution >= 4 is 32.9 Å². The summed E-state index contributed by atoms with van der Waals surface area (Å²) in [6.07, 6.45) is 0. The Kier molecular flexibility index (Phi) is 3.84. The number of rotatable bonds is 4. The van der Waals surface area contributed by atoms with Crippen molar-refractivity contribution in [1.29, 1.82) is 0 Å². The Labute approximate surface area is 142 Å². The molecule has 25 heavy (non-hydrogen) atoms. The van der Waals surface area contributed by atoms with Crippen LogP contribution >= 0.6 is 0 Å². The van der Waals surface area contributed by atoms with Gasteiger partial charge in [0.15, 0.2) is 0 Å². The summed E-state index contributed by atoms with van der Waals surface area (Å²) in [5.41, 5.74) is 0.441. The first kappa shape index (κ1) is 16.7. The number of fused-ring (bicyclic) bond motifs is 1. The van der Waals surface area contributed by atoms with Crippen LogP contribution in [0.25, 0.3) is 10.9 Å². The fourth-order valence-corrected chi connectivity index (χ4v) is 4.05. The largest absolute Gasteiger partial charge is 0.478 e. The van der Waals surface area contributed by atoms with E-state index in [0.29, 0.717) is 0 Å². The van der Waals surface area contributed by atoms with Gasteiger partial charge >= 0.3 is 11.9 Å². The lowest BCUT2D eigenvalue weighted by molar-refractivity contribution is 0.0682. The Morgan fingerprint density at radius 2 is 1.56 bits per heavy atom. The van der Waals surface area contributed by atoms with Crippen LogP contribution in [0.5, 0.6) is 0 Å². The Morgan fingerprint density at radius 1 is 0.920 bits per heavy atom. The van der Waals surface area contributed by atoms with Gasteiger partial charge in [0.05, 0.1) is 16.0 Å². The summed E-state index contributed by atoms with van der Waals surface area (Å²) in [5, 5.41) is 18.7. The van der Waals surface area contributed by atoms with Crippen molar-refractivity contribution < 1.29 is 28.2 Å². The third-order valence-electron chi connectivity index (χ3n) is 3.78. The van der Waals surface area contributed by atoms with Crippen molar-refractivity contribution in [2.75, 3.05) is 0 Å². The Bertz CT molecular complexity index is 1110.